The Hall–Kier alpha value is -1.36. The Labute approximate surface area is 102 Å². The van der Waals surface area contributed by atoms with Gasteiger partial charge in [0.1, 0.15) is 0 Å². The lowest BCUT2D eigenvalue weighted by atomic mass is 10.1. The van der Waals surface area contributed by atoms with Crippen LogP contribution in [0.3, 0.4) is 0 Å². The predicted octanol–water partition coefficient (Wildman–Crippen LogP) is 1.58. The van der Waals surface area contributed by atoms with E-state index in [1.165, 1.54) is 0 Å². The molecule has 1 atom stereocenters. The number of carboxylic acid groups (broad SMARTS) is 1. The fourth-order valence-electron chi connectivity index (χ4n) is 2.13. The summed E-state index contributed by atoms with van der Waals surface area (Å²) in [5, 5.41) is 13.2. The second kappa shape index (κ2) is 5.31. The van der Waals surface area contributed by atoms with Crippen molar-refractivity contribution in [1.82, 2.24) is 14.7 Å². The van der Waals surface area contributed by atoms with Crippen LogP contribution in [0.4, 0.5) is 0 Å². The molecule has 0 bridgehead atoms. The van der Waals surface area contributed by atoms with Crippen molar-refractivity contribution in [2.75, 3.05) is 6.54 Å². The molecule has 0 spiro atoms. The Kier molecular flexibility index (Phi) is 4.28. The van der Waals surface area contributed by atoms with E-state index in [9.17, 15) is 4.79 Å². The second-order valence-electron chi connectivity index (χ2n) is 4.68. The molecule has 0 aliphatic carbocycles. The Morgan fingerprint density at radius 2 is 2.12 bits per heavy atom. The summed E-state index contributed by atoms with van der Waals surface area (Å²) in [6, 6.07) is 0.237. The van der Waals surface area contributed by atoms with Crippen molar-refractivity contribution in [1.29, 1.82) is 0 Å². The molecular weight excluding hydrogens is 218 g/mol. The average molecular weight is 239 g/mol. The van der Waals surface area contributed by atoms with E-state index in [0.717, 1.165) is 11.3 Å². The third kappa shape index (κ3) is 3.30. The molecule has 0 saturated heterocycles. The molecule has 5 nitrogen and oxygen atoms in total. The predicted molar refractivity (Wildman–Crippen MR) is 65.8 cm³/mol. The van der Waals surface area contributed by atoms with Gasteiger partial charge in [-0.05, 0) is 27.7 Å². The second-order valence-corrected chi connectivity index (χ2v) is 4.68. The first-order valence-electron chi connectivity index (χ1n) is 5.80. The first-order valence-corrected chi connectivity index (χ1v) is 5.80. The highest BCUT2D eigenvalue weighted by Crippen LogP contribution is 2.24. The minimum absolute atomic E-state index is 0.0488. The van der Waals surface area contributed by atoms with Gasteiger partial charge in [-0.1, -0.05) is 0 Å². The fraction of sp³-hybridized carbons (Fsp3) is 0.667. The van der Waals surface area contributed by atoms with Gasteiger partial charge in [0.2, 0.25) is 0 Å². The normalized spacial score (nSPS) is 13.4. The summed E-state index contributed by atoms with van der Waals surface area (Å²) < 4.78 is 1.76. The van der Waals surface area contributed by atoms with Gasteiger partial charge >= 0.3 is 5.97 Å². The lowest BCUT2D eigenvalue weighted by molar-refractivity contribution is -0.139. The average Bonchev–Trinajstić information content (AvgIpc) is 2.52. The smallest absolute Gasteiger partial charge is 0.317 e. The highest BCUT2D eigenvalue weighted by molar-refractivity contribution is 5.69. The van der Waals surface area contributed by atoms with E-state index >= 15 is 0 Å². The molecule has 0 aliphatic heterocycles. The summed E-state index contributed by atoms with van der Waals surface area (Å²) in [6.07, 6.45) is 1.96. The topological polar surface area (TPSA) is 58.4 Å². The van der Waals surface area contributed by atoms with Gasteiger partial charge in [-0.3, -0.25) is 14.4 Å². The molecule has 1 heterocycles. The standard InChI is InChI=1S/C12H21N3O2/c1-8(2)15(7-12(16)17)10(4)11-6-14(5)13-9(11)3/h6,8,10H,7H2,1-5H3,(H,16,17). The number of hydrogen-bond acceptors (Lipinski definition) is 3. The van der Waals surface area contributed by atoms with Gasteiger partial charge in [0.15, 0.2) is 0 Å². The van der Waals surface area contributed by atoms with Gasteiger partial charge in [0.05, 0.1) is 12.2 Å². The lowest BCUT2D eigenvalue weighted by Gasteiger charge is -2.31. The van der Waals surface area contributed by atoms with E-state index in [1.54, 1.807) is 4.68 Å². The van der Waals surface area contributed by atoms with Crippen LogP contribution in [0, 0.1) is 6.92 Å². The molecule has 0 saturated carbocycles. The summed E-state index contributed by atoms with van der Waals surface area (Å²) in [5.74, 6) is -0.799. The minimum atomic E-state index is -0.799. The van der Waals surface area contributed by atoms with Crippen LogP contribution in [0.15, 0.2) is 6.20 Å². The molecule has 1 rings (SSSR count). The van der Waals surface area contributed by atoms with Crippen LogP contribution in [0.1, 0.15) is 38.1 Å². The fourth-order valence-corrected chi connectivity index (χ4v) is 2.13. The van der Waals surface area contributed by atoms with Gasteiger partial charge in [-0.15, -0.1) is 0 Å². The van der Waals surface area contributed by atoms with Crippen molar-refractivity contribution in [3.63, 3.8) is 0 Å². The van der Waals surface area contributed by atoms with E-state index < -0.39 is 5.97 Å². The number of rotatable bonds is 5. The summed E-state index contributed by atoms with van der Waals surface area (Å²) in [5.41, 5.74) is 2.04. The number of aromatic nitrogens is 2. The molecule has 5 heteroatoms. The maximum absolute atomic E-state index is 10.9. The Balaban J connectivity index is 2.95. The number of carbonyl (C=O) groups is 1. The number of carboxylic acids is 1. The molecule has 17 heavy (non-hydrogen) atoms. The molecule has 0 aromatic carbocycles. The van der Waals surface area contributed by atoms with Crippen LogP contribution < -0.4 is 0 Å². The van der Waals surface area contributed by atoms with Crippen molar-refractivity contribution in [3.8, 4) is 0 Å². The van der Waals surface area contributed by atoms with Gasteiger partial charge in [0, 0.05) is 30.9 Å². The zero-order chi connectivity index (χ0) is 13.2. The van der Waals surface area contributed by atoms with Gasteiger partial charge in [-0.25, -0.2) is 0 Å². The Bertz CT molecular complexity index is 398. The summed E-state index contributed by atoms with van der Waals surface area (Å²) in [7, 11) is 1.88. The zero-order valence-corrected chi connectivity index (χ0v) is 11.1. The molecule has 1 unspecified atom stereocenters. The molecule has 1 aromatic heterocycles. The van der Waals surface area contributed by atoms with Crippen molar-refractivity contribution in [2.24, 2.45) is 7.05 Å². The van der Waals surface area contributed by atoms with Gasteiger partial charge in [0.25, 0.3) is 0 Å². The van der Waals surface area contributed by atoms with E-state index in [4.69, 9.17) is 5.11 Å². The monoisotopic (exact) mass is 239 g/mol. The number of nitrogens with zero attached hydrogens (tertiary/aromatic N) is 3. The highest BCUT2D eigenvalue weighted by Gasteiger charge is 2.23. The number of aliphatic carboxylic acids is 1. The summed E-state index contributed by atoms with van der Waals surface area (Å²) in [6.45, 7) is 8.03. The summed E-state index contributed by atoms with van der Waals surface area (Å²) in [4.78, 5) is 12.8. The number of aryl methyl sites for hydroxylation is 2. The largest absolute Gasteiger partial charge is 0.480 e. The molecule has 1 N–H and O–H groups in total. The molecule has 0 amide bonds. The molecule has 1 aromatic rings. The Morgan fingerprint density at radius 3 is 2.47 bits per heavy atom. The van der Waals surface area contributed by atoms with Crippen molar-refractivity contribution >= 4 is 5.97 Å². The van der Waals surface area contributed by atoms with Crippen LogP contribution in [-0.4, -0.2) is 38.3 Å². The first kappa shape index (κ1) is 13.7. The van der Waals surface area contributed by atoms with Crippen molar-refractivity contribution in [3.05, 3.63) is 17.5 Å². The molecule has 0 fully saturated rings. The van der Waals surface area contributed by atoms with Crippen LogP contribution in [-0.2, 0) is 11.8 Å². The van der Waals surface area contributed by atoms with Crippen LogP contribution in [0.25, 0.3) is 0 Å². The molecule has 96 valence electrons. The molecule has 0 radical (unpaired) electrons. The van der Waals surface area contributed by atoms with Crippen LogP contribution >= 0.6 is 0 Å². The van der Waals surface area contributed by atoms with E-state index in [-0.39, 0.29) is 18.6 Å². The Morgan fingerprint density at radius 1 is 1.53 bits per heavy atom. The van der Waals surface area contributed by atoms with Gasteiger partial charge in [-0.2, -0.15) is 5.10 Å². The minimum Gasteiger partial charge on any atom is -0.480 e. The van der Waals surface area contributed by atoms with Crippen molar-refractivity contribution in [2.45, 2.75) is 39.8 Å². The molecule has 0 aliphatic rings. The SMILES string of the molecule is Cc1nn(C)cc1C(C)N(CC(=O)O)C(C)C. The third-order valence-corrected chi connectivity index (χ3v) is 2.98. The van der Waals surface area contributed by atoms with Gasteiger partial charge < -0.3 is 5.11 Å². The van der Waals surface area contributed by atoms with Crippen molar-refractivity contribution < 1.29 is 9.90 Å². The highest BCUT2D eigenvalue weighted by atomic mass is 16.4. The molecular formula is C12H21N3O2. The maximum atomic E-state index is 10.9. The first-order chi connectivity index (χ1) is 7.82. The van der Waals surface area contributed by atoms with E-state index in [1.807, 2.05) is 45.8 Å². The number of hydrogen-bond donors (Lipinski definition) is 1. The van der Waals surface area contributed by atoms with E-state index in [2.05, 4.69) is 5.10 Å². The quantitative estimate of drug-likeness (QED) is 0.847. The van der Waals surface area contributed by atoms with E-state index in [0.29, 0.717) is 0 Å². The summed E-state index contributed by atoms with van der Waals surface area (Å²) >= 11 is 0. The maximum Gasteiger partial charge on any atom is 0.317 e. The third-order valence-electron chi connectivity index (χ3n) is 2.98. The lowest BCUT2D eigenvalue weighted by Crippen LogP contribution is -2.37. The van der Waals surface area contributed by atoms with Crippen LogP contribution in [0.2, 0.25) is 0 Å². The van der Waals surface area contributed by atoms with Crippen LogP contribution in [0.5, 0.6) is 0 Å². The zero-order valence-electron chi connectivity index (χ0n) is 11.1.